The van der Waals surface area contributed by atoms with Crippen LogP contribution in [0.5, 0.6) is 11.5 Å². The van der Waals surface area contributed by atoms with Crippen molar-refractivity contribution in [1.82, 2.24) is 0 Å². The second-order valence-corrected chi connectivity index (χ2v) is 13.9. The van der Waals surface area contributed by atoms with Crippen LogP contribution in [0.1, 0.15) is 77.6 Å². The van der Waals surface area contributed by atoms with Gasteiger partial charge in [0.15, 0.2) is 11.6 Å². The second kappa shape index (κ2) is 9.99. The number of carbonyl (C=O) groups is 2. The first kappa shape index (κ1) is 25.2. The van der Waals surface area contributed by atoms with Crippen molar-refractivity contribution >= 4 is 19.9 Å². The van der Waals surface area contributed by atoms with Gasteiger partial charge in [-0.3, -0.25) is 9.59 Å². The zero-order chi connectivity index (χ0) is 25.3. The van der Waals surface area contributed by atoms with Crippen LogP contribution in [0.3, 0.4) is 0 Å². The minimum Gasteiger partial charge on any atom is -0.547 e. The molecule has 4 rings (SSSR count). The van der Waals surface area contributed by atoms with Crippen molar-refractivity contribution in [2.24, 2.45) is 0 Å². The maximum Gasteiger partial charge on any atom is 0.250 e. The van der Waals surface area contributed by atoms with Crippen molar-refractivity contribution in [2.45, 2.75) is 64.5 Å². The van der Waals surface area contributed by atoms with E-state index in [2.05, 4.69) is 26.8 Å². The molecule has 0 radical (unpaired) electrons. The highest BCUT2D eigenvalue weighted by Crippen LogP contribution is 2.44. The molecule has 2 aliphatic rings. The summed E-state index contributed by atoms with van der Waals surface area (Å²) in [5.74, 6) is 1.23. The highest BCUT2D eigenvalue weighted by Gasteiger charge is 2.38. The predicted octanol–water partition coefficient (Wildman–Crippen LogP) is 6.23. The largest absolute Gasteiger partial charge is 0.547 e. The van der Waals surface area contributed by atoms with Crippen LogP contribution in [0.4, 0.5) is 0 Å². The number of ether oxygens (including phenoxy) is 3. The summed E-state index contributed by atoms with van der Waals surface area (Å²) in [5, 5.41) is 0. The Morgan fingerprint density at radius 1 is 0.914 bits per heavy atom. The smallest absolute Gasteiger partial charge is 0.250 e. The molecule has 0 unspecified atom stereocenters. The zero-order valence-corrected chi connectivity index (χ0v) is 22.4. The van der Waals surface area contributed by atoms with E-state index < -0.39 is 8.32 Å². The lowest BCUT2D eigenvalue weighted by Gasteiger charge is -2.35. The van der Waals surface area contributed by atoms with E-state index >= 15 is 0 Å². The van der Waals surface area contributed by atoms with Crippen LogP contribution in [0.25, 0.3) is 0 Å². The van der Waals surface area contributed by atoms with Gasteiger partial charge >= 0.3 is 0 Å². The third kappa shape index (κ3) is 4.32. The van der Waals surface area contributed by atoms with E-state index in [0.717, 1.165) is 29.5 Å². The summed E-state index contributed by atoms with van der Waals surface area (Å²) in [6.07, 6.45) is 2.11. The van der Waals surface area contributed by atoms with Gasteiger partial charge in [-0.2, -0.15) is 0 Å². The zero-order valence-electron chi connectivity index (χ0n) is 21.4. The molecule has 0 fully saturated rings. The number of hydrogen-bond donors (Lipinski definition) is 0. The van der Waals surface area contributed by atoms with E-state index in [9.17, 15) is 9.59 Å². The molecule has 0 N–H and O–H groups in total. The van der Waals surface area contributed by atoms with Crippen LogP contribution < -0.4 is 9.47 Å². The average molecular weight is 495 g/mol. The number of hydrogen-bond acceptors (Lipinski definition) is 6. The van der Waals surface area contributed by atoms with E-state index in [1.807, 2.05) is 13.0 Å². The van der Waals surface area contributed by atoms with Crippen LogP contribution >= 0.6 is 0 Å². The minimum atomic E-state index is -1.84. The molecule has 1 aliphatic heterocycles. The monoisotopic (exact) mass is 494 g/mol. The molecule has 1 heterocycles. The Kier molecular flexibility index (Phi) is 7.19. The van der Waals surface area contributed by atoms with Crippen LogP contribution in [-0.4, -0.2) is 40.2 Å². The van der Waals surface area contributed by atoms with Crippen LogP contribution in [0, 0.1) is 0 Å². The summed E-state index contributed by atoms with van der Waals surface area (Å²) < 4.78 is 24.1. The van der Waals surface area contributed by atoms with E-state index in [1.54, 1.807) is 24.3 Å². The standard InChI is InChI=1S/C28H34O6Si/c1-7-35(8-2,9-3)34-18-15-17(4)33-23(16-18)19-13-14-21-25(28(19)32-6)27(30)20-11-10-12-22(31-5)24(20)26(21)29/h10-15,17,23H,7-9,16H2,1-6H3/t17-,23-/m1/s1. The van der Waals surface area contributed by atoms with Gasteiger partial charge < -0.3 is 18.6 Å². The van der Waals surface area contributed by atoms with Crippen LogP contribution in [0.2, 0.25) is 18.1 Å². The molecule has 186 valence electrons. The topological polar surface area (TPSA) is 71.1 Å². The maximum atomic E-state index is 13.6. The van der Waals surface area contributed by atoms with Gasteiger partial charge in [-0.1, -0.05) is 39.0 Å². The van der Waals surface area contributed by atoms with Gasteiger partial charge in [-0.05, 0) is 43.3 Å². The lowest BCUT2D eigenvalue weighted by Crippen LogP contribution is -2.36. The number of fused-ring (bicyclic) bond motifs is 2. The van der Waals surface area contributed by atoms with Gasteiger partial charge in [-0.15, -0.1) is 0 Å². The molecule has 1 aliphatic carbocycles. The molecule has 0 saturated carbocycles. The van der Waals surface area contributed by atoms with Crippen molar-refractivity contribution in [3.8, 4) is 11.5 Å². The Hall–Kier alpha value is -2.90. The Balaban J connectivity index is 1.75. The normalized spacial score (nSPS) is 19.5. The Morgan fingerprint density at radius 3 is 2.20 bits per heavy atom. The van der Waals surface area contributed by atoms with Crippen molar-refractivity contribution in [1.29, 1.82) is 0 Å². The third-order valence-corrected chi connectivity index (χ3v) is 12.0. The molecule has 35 heavy (non-hydrogen) atoms. The SMILES string of the molecule is CC[Si](CC)(CC)OC1=C[C@@H](C)O[C@@H](c2ccc3c(c2OC)C(=O)c2cccc(OC)c2C3=O)C1. The second-order valence-electron chi connectivity index (χ2n) is 9.16. The molecule has 2 atom stereocenters. The summed E-state index contributed by atoms with van der Waals surface area (Å²) in [6, 6.07) is 11.8. The predicted molar refractivity (Wildman–Crippen MR) is 137 cm³/mol. The molecule has 6 nitrogen and oxygen atoms in total. The molecule has 0 bridgehead atoms. The van der Waals surface area contributed by atoms with E-state index in [1.165, 1.54) is 14.2 Å². The Morgan fingerprint density at radius 2 is 1.57 bits per heavy atom. The van der Waals surface area contributed by atoms with Crippen molar-refractivity contribution < 1.29 is 28.2 Å². The van der Waals surface area contributed by atoms with Gasteiger partial charge in [0.25, 0.3) is 0 Å². The molecule has 0 saturated heterocycles. The van der Waals surface area contributed by atoms with Gasteiger partial charge in [0.05, 0.1) is 43.3 Å². The summed E-state index contributed by atoms with van der Waals surface area (Å²) >= 11 is 0. The minimum absolute atomic E-state index is 0.149. The quantitative estimate of drug-likeness (QED) is 0.346. The maximum absolute atomic E-state index is 13.6. The van der Waals surface area contributed by atoms with E-state index in [-0.39, 0.29) is 29.3 Å². The van der Waals surface area contributed by atoms with Crippen LogP contribution in [0.15, 0.2) is 42.2 Å². The number of methoxy groups -OCH3 is 2. The number of carbonyl (C=O) groups excluding carboxylic acids is 2. The van der Waals surface area contributed by atoms with Gasteiger partial charge in [-0.25, -0.2) is 0 Å². The van der Waals surface area contributed by atoms with Crippen LogP contribution in [-0.2, 0) is 9.16 Å². The fourth-order valence-corrected chi connectivity index (χ4v) is 7.88. The number of benzene rings is 2. The average Bonchev–Trinajstić information content (AvgIpc) is 2.88. The molecule has 0 spiro atoms. The summed E-state index contributed by atoms with van der Waals surface area (Å²) in [6.45, 7) is 8.62. The molecule has 2 aromatic carbocycles. The first-order valence-electron chi connectivity index (χ1n) is 12.3. The molecule has 7 heteroatoms. The van der Waals surface area contributed by atoms with E-state index in [4.69, 9.17) is 18.6 Å². The number of rotatable bonds is 8. The Bertz CT molecular complexity index is 1170. The first-order valence-corrected chi connectivity index (χ1v) is 14.9. The summed E-state index contributed by atoms with van der Waals surface area (Å²) in [7, 11) is 1.18. The van der Waals surface area contributed by atoms with Gasteiger partial charge in [0.1, 0.15) is 11.5 Å². The summed E-state index contributed by atoms with van der Waals surface area (Å²) in [4.78, 5) is 27.0. The highest BCUT2D eigenvalue weighted by atomic mass is 28.4. The lowest BCUT2D eigenvalue weighted by atomic mass is 9.81. The van der Waals surface area contributed by atoms with Crippen molar-refractivity contribution in [3.63, 3.8) is 0 Å². The summed E-state index contributed by atoms with van der Waals surface area (Å²) in [5.41, 5.74) is 1.96. The fraction of sp³-hybridized carbons (Fsp3) is 0.429. The van der Waals surface area contributed by atoms with Crippen molar-refractivity contribution in [3.05, 3.63) is 70.0 Å². The van der Waals surface area contributed by atoms with Gasteiger partial charge in [0, 0.05) is 23.1 Å². The van der Waals surface area contributed by atoms with E-state index in [0.29, 0.717) is 34.6 Å². The van der Waals surface area contributed by atoms with Crippen molar-refractivity contribution in [2.75, 3.05) is 14.2 Å². The fourth-order valence-electron chi connectivity index (χ4n) is 5.24. The van der Waals surface area contributed by atoms with Gasteiger partial charge in [0.2, 0.25) is 8.32 Å². The molecule has 2 aromatic rings. The third-order valence-electron chi connectivity index (χ3n) is 7.40. The Labute approximate surface area is 208 Å². The molecular weight excluding hydrogens is 460 g/mol. The molecule has 0 amide bonds. The highest BCUT2D eigenvalue weighted by molar-refractivity contribution is 6.73. The molecular formula is C28H34O6Si. The number of ketones is 2. The first-order chi connectivity index (χ1) is 16.8. The molecule has 0 aromatic heterocycles. The lowest BCUT2D eigenvalue weighted by molar-refractivity contribution is 0.000188.